The fraction of sp³-hybridized carbons (Fsp3) is 0.320. The van der Waals surface area contributed by atoms with E-state index in [1.807, 2.05) is 18.3 Å². The van der Waals surface area contributed by atoms with E-state index < -0.39 is 0 Å². The van der Waals surface area contributed by atoms with Crippen LogP contribution in [0.2, 0.25) is 0 Å². The number of aromatic nitrogens is 1. The van der Waals surface area contributed by atoms with Crippen LogP contribution in [0.15, 0.2) is 47.6 Å². The number of benzene rings is 2. The standard InChI is InChI=1S/C25H29NO3S/c1-15-13-19(27-4)23(28-5)24(29-6)20(15)22(18-11-9-8-10-12-18)21-17(3)16(2)14-26-25(21)30-7/h8-14,22H,1-7H3. The molecule has 2 aromatic carbocycles. The minimum Gasteiger partial charge on any atom is -0.493 e. The van der Waals surface area contributed by atoms with Crippen molar-refractivity contribution in [2.45, 2.75) is 31.7 Å². The van der Waals surface area contributed by atoms with Crippen LogP contribution in [0.25, 0.3) is 0 Å². The number of nitrogens with zero attached hydrogens (tertiary/aromatic N) is 1. The Hall–Kier alpha value is -2.66. The average Bonchev–Trinajstić information content (AvgIpc) is 2.77. The first kappa shape index (κ1) is 22.0. The van der Waals surface area contributed by atoms with Gasteiger partial charge >= 0.3 is 0 Å². The van der Waals surface area contributed by atoms with E-state index in [1.165, 1.54) is 22.3 Å². The van der Waals surface area contributed by atoms with Gasteiger partial charge in [-0.2, -0.15) is 0 Å². The number of methoxy groups -OCH3 is 3. The molecule has 30 heavy (non-hydrogen) atoms. The lowest BCUT2D eigenvalue weighted by molar-refractivity contribution is 0.321. The maximum absolute atomic E-state index is 5.93. The predicted octanol–water partition coefficient (Wildman–Crippen LogP) is 5.93. The van der Waals surface area contributed by atoms with Gasteiger partial charge in [0, 0.05) is 17.7 Å². The third-order valence-corrected chi connectivity index (χ3v) is 6.29. The largest absolute Gasteiger partial charge is 0.493 e. The first-order valence-corrected chi connectivity index (χ1v) is 11.0. The molecule has 0 amide bonds. The molecule has 4 nitrogen and oxygen atoms in total. The highest BCUT2D eigenvalue weighted by atomic mass is 32.2. The molecule has 0 spiro atoms. The molecular weight excluding hydrogens is 394 g/mol. The Bertz CT molecular complexity index is 1030. The molecule has 5 heteroatoms. The van der Waals surface area contributed by atoms with Gasteiger partial charge in [0.25, 0.3) is 0 Å². The molecule has 1 aromatic heterocycles. The third kappa shape index (κ3) is 3.86. The lowest BCUT2D eigenvalue weighted by atomic mass is 9.80. The molecule has 0 saturated heterocycles. The summed E-state index contributed by atoms with van der Waals surface area (Å²) < 4.78 is 17.2. The second-order valence-electron chi connectivity index (χ2n) is 7.21. The Labute approximate surface area is 183 Å². The zero-order valence-electron chi connectivity index (χ0n) is 18.7. The second kappa shape index (κ2) is 9.43. The lowest BCUT2D eigenvalue weighted by Gasteiger charge is -2.28. The molecule has 1 unspecified atom stereocenters. The van der Waals surface area contributed by atoms with E-state index >= 15 is 0 Å². The van der Waals surface area contributed by atoms with Crippen LogP contribution in [-0.4, -0.2) is 32.6 Å². The predicted molar refractivity (Wildman–Crippen MR) is 124 cm³/mol. The minimum atomic E-state index is -0.0594. The van der Waals surface area contributed by atoms with Crippen LogP contribution < -0.4 is 14.2 Å². The van der Waals surface area contributed by atoms with Gasteiger partial charge < -0.3 is 14.2 Å². The Kier molecular flexibility index (Phi) is 6.93. The van der Waals surface area contributed by atoms with Gasteiger partial charge in [-0.05, 0) is 60.9 Å². The highest BCUT2D eigenvalue weighted by Gasteiger charge is 2.30. The molecule has 0 N–H and O–H groups in total. The molecule has 1 heterocycles. The van der Waals surface area contributed by atoms with Gasteiger partial charge in [-0.3, -0.25) is 0 Å². The zero-order chi connectivity index (χ0) is 21.8. The van der Waals surface area contributed by atoms with Crippen LogP contribution in [0.4, 0.5) is 0 Å². The summed E-state index contributed by atoms with van der Waals surface area (Å²) in [4.78, 5) is 4.76. The van der Waals surface area contributed by atoms with Gasteiger partial charge in [0.15, 0.2) is 11.5 Å². The average molecular weight is 424 g/mol. The summed E-state index contributed by atoms with van der Waals surface area (Å²) in [6.45, 7) is 6.37. The summed E-state index contributed by atoms with van der Waals surface area (Å²) >= 11 is 1.67. The number of ether oxygens (including phenoxy) is 3. The second-order valence-corrected chi connectivity index (χ2v) is 8.00. The molecule has 0 aliphatic heterocycles. The number of hydrogen-bond acceptors (Lipinski definition) is 5. The van der Waals surface area contributed by atoms with E-state index in [4.69, 9.17) is 19.2 Å². The lowest BCUT2D eigenvalue weighted by Crippen LogP contribution is -2.13. The summed E-state index contributed by atoms with van der Waals surface area (Å²) in [5, 5.41) is 1.02. The highest BCUT2D eigenvalue weighted by molar-refractivity contribution is 7.98. The summed E-state index contributed by atoms with van der Waals surface area (Å²) in [5.41, 5.74) is 6.91. The Balaban J connectivity index is 2.45. The third-order valence-electron chi connectivity index (χ3n) is 5.58. The molecule has 0 aliphatic rings. The maximum Gasteiger partial charge on any atom is 0.203 e. The zero-order valence-corrected chi connectivity index (χ0v) is 19.5. The van der Waals surface area contributed by atoms with Crippen molar-refractivity contribution >= 4 is 11.8 Å². The van der Waals surface area contributed by atoms with Crippen molar-refractivity contribution in [3.8, 4) is 17.2 Å². The van der Waals surface area contributed by atoms with Crippen LogP contribution >= 0.6 is 11.8 Å². The normalized spacial score (nSPS) is 11.8. The molecule has 3 aromatic rings. The molecule has 0 bridgehead atoms. The van der Waals surface area contributed by atoms with Crippen molar-refractivity contribution in [1.82, 2.24) is 4.98 Å². The van der Waals surface area contributed by atoms with E-state index in [0.29, 0.717) is 17.2 Å². The first-order chi connectivity index (χ1) is 14.5. The Morgan fingerprint density at radius 1 is 0.833 bits per heavy atom. The van der Waals surface area contributed by atoms with E-state index in [1.54, 1.807) is 33.1 Å². The van der Waals surface area contributed by atoms with Gasteiger partial charge in [-0.1, -0.05) is 30.3 Å². The monoisotopic (exact) mass is 423 g/mol. The van der Waals surface area contributed by atoms with E-state index in [9.17, 15) is 0 Å². The van der Waals surface area contributed by atoms with Gasteiger partial charge in [0.05, 0.1) is 21.3 Å². The fourth-order valence-electron chi connectivity index (χ4n) is 3.98. The van der Waals surface area contributed by atoms with E-state index in [0.717, 1.165) is 16.2 Å². The SMILES string of the molecule is COc1cc(C)c(C(c2ccccc2)c2c(SC)ncc(C)c2C)c(OC)c1OC. The van der Waals surface area contributed by atoms with Crippen molar-refractivity contribution in [2.24, 2.45) is 0 Å². The molecular formula is C25H29NO3S. The van der Waals surface area contributed by atoms with Gasteiger partial charge in [-0.15, -0.1) is 11.8 Å². The van der Waals surface area contributed by atoms with Crippen molar-refractivity contribution < 1.29 is 14.2 Å². The van der Waals surface area contributed by atoms with E-state index in [-0.39, 0.29) is 5.92 Å². The topological polar surface area (TPSA) is 40.6 Å². The Morgan fingerprint density at radius 2 is 1.50 bits per heavy atom. The van der Waals surface area contributed by atoms with Crippen molar-refractivity contribution in [3.63, 3.8) is 0 Å². The molecule has 0 saturated carbocycles. The summed E-state index contributed by atoms with van der Waals surface area (Å²) in [6, 6.07) is 12.5. The summed E-state index contributed by atoms with van der Waals surface area (Å²) in [7, 11) is 4.97. The molecule has 1 atom stereocenters. The quantitative estimate of drug-likeness (QED) is 0.440. The number of rotatable bonds is 7. The molecule has 158 valence electrons. The molecule has 0 radical (unpaired) electrons. The first-order valence-electron chi connectivity index (χ1n) is 9.82. The molecule has 0 aliphatic carbocycles. The maximum atomic E-state index is 5.93. The van der Waals surface area contributed by atoms with Gasteiger partial charge in [-0.25, -0.2) is 4.98 Å². The number of aryl methyl sites for hydroxylation is 2. The van der Waals surface area contributed by atoms with Crippen molar-refractivity contribution in [1.29, 1.82) is 0 Å². The fourth-order valence-corrected chi connectivity index (χ4v) is 4.63. The Morgan fingerprint density at radius 3 is 2.07 bits per heavy atom. The molecule has 0 fully saturated rings. The van der Waals surface area contributed by atoms with Crippen LogP contribution in [0, 0.1) is 20.8 Å². The number of hydrogen-bond donors (Lipinski definition) is 0. The van der Waals surface area contributed by atoms with Crippen LogP contribution in [-0.2, 0) is 0 Å². The number of thioether (sulfide) groups is 1. The van der Waals surface area contributed by atoms with E-state index in [2.05, 4.69) is 51.3 Å². The highest BCUT2D eigenvalue weighted by Crippen LogP contribution is 2.49. The summed E-state index contributed by atoms with van der Waals surface area (Å²) in [5.74, 6) is 1.89. The minimum absolute atomic E-state index is 0.0594. The smallest absolute Gasteiger partial charge is 0.203 e. The van der Waals surface area contributed by atoms with Crippen molar-refractivity contribution in [3.05, 3.63) is 76.0 Å². The molecule has 3 rings (SSSR count). The summed E-state index contributed by atoms with van der Waals surface area (Å²) in [6.07, 6.45) is 4.02. The number of pyridine rings is 1. The van der Waals surface area contributed by atoms with Crippen molar-refractivity contribution in [2.75, 3.05) is 27.6 Å². The van der Waals surface area contributed by atoms with Gasteiger partial charge in [0.1, 0.15) is 5.03 Å². The van der Waals surface area contributed by atoms with Crippen LogP contribution in [0.3, 0.4) is 0 Å². The van der Waals surface area contributed by atoms with Crippen LogP contribution in [0.1, 0.15) is 39.3 Å². The van der Waals surface area contributed by atoms with Gasteiger partial charge in [0.2, 0.25) is 5.75 Å². The van der Waals surface area contributed by atoms with Crippen LogP contribution in [0.5, 0.6) is 17.2 Å².